The minimum Gasteiger partial charge on any atom is -0.347 e. The fraction of sp³-hybridized carbons (Fsp3) is 0.200. The highest BCUT2D eigenvalue weighted by molar-refractivity contribution is 8.26. The average Bonchev–Trinajstić information content (AvgIpc) is 2.76. The zero-order valence-electron chi connectivity index (χ0n) is 11.3. The van der Waals surface area contributed by atoms with Crippen molar-refractivity contribution in [1.29, 1.82) is 0 Å². The van der Waals surface area contributed by atoms with Gasteiger partial charge in [-0.3, -0.25) is 4.79 Å². The molecule has 0 unspecified atom stereocenters. The predicted octanol–water partition coefficient (Wildman–Crippen LogP) is 3.12. The molecule has 5 heteroatoms. The predicted molar refractivity (Wildman–Crippen MR) is 87.8 cm³/mol. The topological polar surface area (TPSA) is 32.3 Å². The van der Waals surface area contributed by atoms with Crippen LogP contribution in [0.5, 0.6) is 0 Å². The van der Waals surface area contributed by atoms with E-state index >= 15 is 0 Å². The quantitative estimate of drug-likeness (QED) is 0.638. The Morgan fingerprint density at radius 1 is 1.40 bits per heavy atom. The second kappa shape index (κ2) is 5.07. The molecule has 0 saturated carbocycles. The van der Waals surface area contributed by atoms with Crippen molar-refractivity contribution in [2.45, 2.75) is 13.8 Å². The lowest BCUT2D eigenvalue weighted by molar-refractivity contribution is -0.115. The van der Waals surface area contributed by atoms with E-state index < -0.39 is 0 Å². The molecule has 0 atom stereocenters. The fourth-order valence-electron chi connectivity index (χ4n) is 2.41. The van der Waals surface area contributed by atoms with Crippen molar-refractivity contribution in [3.63, 3.8) is 0 Å². The third kappa shape index (κ3) is 2.17. The number of carbonyl (C=O) groups excluding carboxylic acids is 1. The molecule has 1 amide bonds. The number of rotatable bonds is 1. The zero-order chi connectivity index (χ0) is 14.3. The summed E-state index contributed by atoms with van der Waals surface area (Å²) < 4.78 is 0.525. The van der Waals surface area contributed by atoms with Crippen LogP contribution in [0.25, 0.3) is 11.8 Å². The van der Waals surface area contributed by atoms with Gasteiger partial charge < -0.3 is 10.2 Å². The second-order valence-corrected chi connectivity index (χ2v) is 6.40. The largest absolute Gasteiger partial charge is 0.347 e. The van der Waals surface area contributed by atoms with Gasteiger partial charge in [0.15, 0.2) is 0 Å². The maximum absolute atomic E-state index is 12.1. The van der Waals surface area contributed by atoms with Gasteiger partial charge in [-0.1, -0.05) is 41.7 Å². The standard InChI is InChI=1S/C15H14N2OS2/c1-3-17-7-6-10-5-4-9(2)8-11(10)12(17)13-14(18)16-15(19)20-13/h4-8H,3H2,1-2H3,(H,16,18,19)/b13-12+. The summed E-state index contributed by atoms with van der Waals surface area (Å²) in [6, 6.07) is 6.29. The van der Waals surface area contributed by atoms with Gasteiger partial charge in [0, 0.05) is 18.3 Å². The van der Waals surface area contributed by atoms with Crippen LogP contribution in [0.15, 0.2) is 29.3 Å². The summed E-state index contributed by atoms with van der Waals surface area (Å²) in [5.74, 6) is -0.101. The first-order valence-electron chi connectivity index (χ1n) is 6.43. The second-order valence-electron chi connectivity index (χ2n) is 4.71. The van der Waals surface area contributed by atoms with Crippen molar-refractivity contribution in [1.82, 2.24) is 10.2 Å². The molecule has 2 aliphatic heterocycles. The van der Waals surface area contributed by atoms with Crippen molar-refractivity contribution >= 4 is 46.0 Å². The number of thiocarbonyl (C=S) groups is 1. The number of hydrogen-bond donors (Lipinski definition) is 1. The minimum atomic E-state index is -0.101. The van der Waals surface area contributed by atoms with Crippen molar-refractivity contribution in [3.8, 4) is 0 Å². The summed E-state index contributed by atoms with van der Waals surface area (Å²) in [4.78, 5) is 14.9. The maximum atomic E-state index is 12.1. The monoisotopic (exact) mass is 302 g/mol. The molecule has 1 aromatic carbocycles. The first-order valence-corrected chi connectivity index (χ1v) is 7.66. The smallest absolute Gasteiger partial charge is 0.265 e. The van der Waals surface area contributed by atoms with Crippen LogP contribution in [0.3, 0.4) is 0 Å². The van der Waals surface area contributed by atoms with E-state index in [9.17, 15) is 4.79 Å². The Labute approximate surface area is 127 Å². The van der Waals surface area contributed by atoms with Gasteiger partial charge in [0.05, 0.1) is 5.70 Å². The molecular formula is C15H14N2OS2. The molecule has 0 aromatic heterocycles. The van der Waals surface area contributed by atoms with Gasteiger partial charge in [-0.25, -0.2) is 0 Å². The van der Waals surface area contributed by atoms with Crippen molar-refractivity contribution in [2.24, 2.45) is 0 Å². The maximum Gasteiger partial charge on any atom is 0.265 e. The van der Waals surface area contributed by atoms with Crippen molar-refractivity contribution in [3.05, 3.63) is 46.0 Å². The molecule has 3 rings (SSSR count). The zero-order valence-corrected chi connectivity index (χ0v) is 12.9. The Hall–Kier alpha value is -1.59. The highest BCUT2D eigenvalue weighted by Gasteiger charge is 2.30. The van der Waals surface area contributed by atoms with Crippen LogP contribution < -0.4 is 5.32 Å². The van der Waals surface area contributed by atoms with Crippen LogP contribution in [0.4, 0.5) is 0 Å². The number of thioether (sulfide) groups is 1. The number of amides is 1. The summed E-state index contributed by atoms with van der Waals surface area (Å²) in [6.07, 6.45) is 4.10. The number of nitrogens with one attached hydrogen (secondary N) is 1. The van der Waals surface area contributed by atoms with Gasteiger partial charge in [-0.2, -0.15) is 0 Å². The Morgan fingerprint density at radius 2 is 2.20 bits per heavy atom. The number of aryl methyl sites for hydroxylation is 1. The van der Waals surface area contributed by atoms with E-state index in [1.54, 1.807) is 0 Å². The van der Waals surface area contributed by atoms with Gasteiger partial charge in [0.25, 0.3) is 5.91 Å². The van der Waals surface area contributed by atoms with E-state index in [4.69, 9.17) is 12.2 Å². The minimum absolute atomic E-state index is 0.101. The van der Waals surface area contributed by atoms with Crippen LogP contribution in [0, 0.1) is 6.92 Å². The molecule has 2 aliphatic rings. The average molecular weight is 302 g/mol. The Bertz CT molecular complexity index is 676. The molecule has 0 aliphatic carbocycles. The lowest BCUT2D eigenvalue weighted by Gasteiger charge is -2.28. The summed E-state index contributed by atoms with van der Waals surface area (Å²) in [7, 11) is 0. The van der Waals surface area contributed by atoms with E-state index in [2.05, 4.69) is 48.3 Å². The summed E-state index contributed by atoms with van der Waals surface area (Å²) in [5, 5.41) is 2.70. The van der Waals surface area contributed by atoms with Gasteiger partial charge in [-0.05, 0) is 31.6 Å². The molecule has 1 aromatic rings. The Balaban J connectivity index is 2.24. The third-order valence-electron chi connectivity index (χ3n) is 3.36. The summed E-state index contributed by atoms with van der Waals surface area (Å²) in [6.45, 7) is 4.94. The Morgan fingerprint density at radius 3 is 2.85 bits per heavy atom. The van der Waals surface area contributed by atoms with Gasteiger partial charge >= 0.3 is 0 Å². The molecule has 3 nitrogen and oxygen atoms in total. The molecule has 1 saturated heterocycles. The highest BCUT2D eigenvalue weighted by Crippen LogP contribution is 2.38. The SMILES string of the molecule is CCN1C=Cc2ccc(C)cc2/C1=C1\SC(=S)NC1=O. The van der Waals surface area contributed by atoms with Gasteiger partial charge in [0.1, 0.15) is 9.23 Å². The number of hydrogen-bond acceptors (Lipinski definition) is 4. The molecule has 0 spiro atoms. The fourth-order valence-corrected chi connectivity index (χ4v) is 3.55. The molecule has 1 N–H and O–H groups in total. The van der Waals surface area contributed by atoms with E-state index in [1.807, 2.05) is 6.20 Å². The molecule has 2 heterocycles. The van der Waals surface area contributed by atoms with Crippen LogP contribution in [-0.2, 0) is 4.79 Å². The van der Waals surface area contributed by atoms with Gasteiger partial charge in [0.2, 0.25) is 0 Å². The number of nitrogens with zero attached hydrogens (tertiary/aromatic N) is 1. The lowest BCUT2D eigenvalue weighted by Crippen LogP contribution is -2.23. The van der Waals surface area contributed by atoms with E-state index in [1.165, 1.54) is 17.3 Å². The van der Waals surface area contributed by atoms with Crippen LogP contribution in [0.2, 0.25) is 0 Å². The van der Waals surface area contributed by atoms with Gasteiger partial charge in [-0.15, -0.1) is 0 Å². The molecular weight excluding hydrogens is 288 g/mol. The normalized spacial score (nSPS) is 21.2. The van der Waals surface area contributed by atoms with E-state index in [0.717, 1.165) is 23.4 Å². The molecule has 20 heavy (non-hydrogen) atoms. The first-order chi connectivity index (χ1) is 9.60. The molecule has 1 fully saturated rings. The van der Waals surface area contributed by atoms with E-state index in [-0.39, 0.29) is 5.91 Å². The third-order valence-corrected chi connectivity index (χ3v) is 4.58. The van der Waals surface area contributed by atoms with Crippen LogP contribution in [0.1, 0.15) is 23.6 Å². The van der Waals surface area contributed by atoms with Crippen LogP contribution >= 0.6 is 24.0 Å². The molecule has 0 radical (unpaired) electrons. The highest BCUT2D eigenvalue weighted by atomic mass is 32.2. The summed E-state index contributed by atoms with van der Waals surface area (Å²) >= 11 is 6.45. The molecule has 0 bridgehead atoms. The van der Waals surface area contributed by atoms with Crippen molar-refractivity contribution in [2.75, 3.05) is 6.54 Å². The van der Waals surface area contributed by atoms with Crippen LogP contribution in [-0.4, -0.2) is 21.7 Å². The van der Waals surface area contributed by atoms with E-state index in [0.29, 0.717) is 9.23 Å². The number of fused-ring (bicyclic) bond motifs is 1. The number of carbonyl (C=O) groups is 1. The van der Waals surface area contributed by atoms with Crippen molar-refractivity contribution < 1.29 is 4.79 Å². The lowest BCUT2D eigenvalue weighted by atomic mass is 9.97. The Kier molecular flexibility index (Phi) is 3.40. The summed E-state index contributed by atoms with van der Waals surface area (Å²) in [5.41, 5.74) is 4.36. The number of benzene rings is 1. The first kappa shape index (κ1) is 13.4. The molecule has 102 valence electrons.